The van der Waals surface area contributed by atoms with E-state index >= 15 is 0 Å². The second kappa shape index (κ2) is 5.06. The minimum absolute atomic E-state index is 0.241. The third-order valence-corrected chi connectivity index (χ3v) is 4.60. The van der Waals surface area contributed by atoms with Crippen LogP contribution in [0.5, 0.6) is 0 Å². The highest BCUT2D eigenvalue weighted by molar-refractivity contribution is 5.81. The molecule has 1 N–H and O–H groups in total. The van der Waals surface area contributed by atoms with Crippen LogP contribution in [0.25, 0.3) is 0 Å². The third-order valence-electron chi connectivity index (χ3n) is 4.60. The molecule has 1 aliphatic carbocycles. The van der Waals surface area contributed by atoms with Crippen molar-refractivity contribution < 1.29 is 28.2 Å². The molecule has 2 aliphatic rings. The van der Waals surface area contributed by atoms with Gasteiger partial charge in [-0.3, -0.25) is 4.79 Å². The largest absolute Gasteiger partial charge is 0.481 e. The van der Waals surface area contributed by atoms with Crippen LogP contribution in [0.4, 0.5) is 13.6 Å². The molecule has 3 atom stereocenters. The van der Waals surface area contributed by atoms with Crippen LogP contribution in [-0.4, -0.2) is 46.7 Å². The fraction of sp³-hybridized carbons (Fsp3) is 0.867. The van der Waals surface area contributed by atoms with Gasteiger partial charge < -0.3 is 14.7 Å². The summed E-state index contributed by atoms with van der Waals surface area (Å²) in [5.74, 6) is -5.52. The lowest BCUT2D eigenvalue weighted by atomic mass is 9.75. The van der Waals surface area contributed by atoms with E-state index in [0.29, 0.717) is 0 Å². The van der Waals surface area contributed by atoms with Crippen molar-refractivity contribution in [2.24, 2.45) is 17.3 Å². The number of nitrogens with zero attached hydrogens (tertiary/aromatic N) is 1. The zero-order chi connectivity index (χ0) is 16.9. The Hall–Kier alpha value is -1.40. The van der Waals surface area contributed by atoms with Gasteiger partial charge in [-0.1, -0.05) is 6.92 Å². The summed E-state index contributed by atoms with van der Waals surface area (Å²) in [6.45, 7) is 7.47. The van der Waals surface area contributed by atoms with Crippen LogP contribution < -0.4 is 0 Å². The molecule has 22 heavy (non-hydrogen) atoms. The Morgan fingerprint density at radius 1 is 1.32 bits per heavy atom. The Balaban J connectivity index is 2.05. The molecular weight excluding hydrogens is 296 g/mol. The number of carbonyl (C=O) groups is 2. The summed E-state index contributed by atoms with van der Waals surface area (Å²) >= 11 is 0. The molecule has 0 aromatic heterocycles. The van der Waals surface area contributed by atoms with Gasteiger partial charge in [0.05, 0.1) is 0 Å². The molecule has 0 aromatic rings. The fourth-order valence-corrected chi connectivity index (χ4v) is 3.47. The summed E-state index contributed by atoms with van der Waals surface area (Å²) in [4.78, 5) is 24.9. The molecule has 2 rings (SSSR count). The zero-order valence-corrected chi connectivity index (χ0v) is 13.4. The maximum Gasteiger partial charge on any atom is 0.410 e. The molecule has 1 aliphatic heterocycles. The van der Waals surface area contributed by atoms with Crippen LogP contribution in [0.1, 0.15) is 40.5 Å². The lowest BCUT2D eigenvalue weighted by molar-refractivity contribution is -0.153. The molecule has 1 amide bonds. The number of likely N-dealkylation sites (tertiary alicyclic amines) is 1. The molecule has 7 heteroatoms. The normalized spacial score (nSPS) is 34.2. The van der Waals surface area contributed by atoms with Crippen LogP contribution >= 0.6 is 0 Å². The number of amides is 1. The number of carboxylic acids is 1. The predicted molar refractivity (Wildman–Crippen MR) is 74.7 cm³/mol. The molecule has 2 fully saturated rings. The van der Waals surface area contributed by atoms with Crippen LogP contribution in [0.15, 0.2) is 0 Å². The van der Waals surface area contributed by atoms with Gasteiger partial charge in [-0.05, 0) is 39.0 Å². The Morgan fingerprint density at radius 3 is 2.23 bits per heavy atom. The van der Waals surface area contributed by atoms with Crippen LogP contribution in [0, 0.1) is 17.3 Å². The molecule has 1 saturated carbocycles. The van der Waals surface area contributed by atoms with Crippen LogP contribution in [0.2, 0.25) is 0 Å². The summed E-state index contributed by atoms with van der Waals surface area (Å²) in [6, 6.07) is 0. The first-order valence-corrected chi connectivity index (χ1v) is 7.50. The van der Waals surface area contributed by atoms with E-state index in [-0.39, 0.29) is 25.4 Å². The average Bonchev–Trinajstić information content (AvgIpc) is 2.91. The van der Waals surface area contributed by atoms with Gasteiger partial charge >= 0.3 is 12.1 Å². The predicted octanol–water partition coefficient (Wildman–Crippen LogP) is 2.99. The van der Waals surface area contributed by atoms with Gasteiger partial charge in [0.25, 0.3) is 5.92 Å². The average molecular weight is 319 g/mol. The summed E-state index contributed by atoms with van der Waals surface area (Å²) in [5, 5.41) is 9.25. The van der Waals surface area contributed by atoms with Gasteiger partial charge in [0, 0.05) is 19.5 Å². The number of aliphatic carboxylic acids is 1. The second-order valence-electron chi connectivity index (χ2n) is 7.46. The molecule has 0 aromatic carbocycles. The highest BCUT2D eigenvalue weighted by Crippen LogP contribution is 2.67. The van der Waals surface area contributed by atoms with Gasteiger partial charge in [0.1, 0.15) is 11.0 Å². The standard InChI is InChI=1S/C15H23F2NO4/c1-9-7-18(12(21)22-13(2,3)4)6-5-10(9)14(11(19)20)8-15(14,16)17/h9-10H,5-8H2,1-4H3,(H,19,20). The number of halogens is 2. The summed E-state index contributed by atoms with van der Waals surface area (Å²) in [6.07, 6.45) is -0.830. The molecule has 0 radical (unpaired) electrons. The maximum absolute atomic E-state index is 13.7. The van der Waals surface area contributed by atoms with Gasteiger partial charge in [-0.25, -0.2) is 13.6 Å². The van der Waals surface area contributed by atoms with Gasteiger partial charge in [0.15, 0.2) is 0 Å². The lowest BCUT2D eigenvalue weighted by Gasteiger charge is -2.40. The van der Waals surface area contributed by atoms with Crippen molar-refractivity contribution in [3.8, 4) is 0 Å². The van der Waals surface area contributed by atoms with E-state index < -0.39 is 41.3 Å². The highest BCUT2D eigenvalue weighted by atomic mass is 19.3. The van der Waals surface area contributed by atoms with Crippen molar-refractivity contribution in [2.45, 2.75) is 52.1 Å². The first-order chi connectivity index (χ1) is 9.91. The Bertz CT molecular complexity index is 488. The van der Waals surface area contributed by atoms with Crippen LogP contribution in [0.3, 0.4) is 0 Å². The van der Waals surface area contributed by atoms with Gasteiger partial charge in [-0.15, -0.1) is 0 Å². The number of alkyl halides is 2. The molecule has 0 bridgehead atoms. The van der Waals surface area contributed by atoms with E-state index in [9.17, 15) is 23.5 Å². The third kappa shape index (κ3) is 2.77. The van der Waals surface area contributed by atoms with E-state index in [2.05, 4.69) is 0 Å². The summed E-state index contributed by atoms with van der Waals surface area (Å²) < 4.78 is 32.6. The summed E-state index contributed by atoms with van der Waals surface area (Å²) in [5.41, 5.74) is -2.57. The molecular formula is C15H23F2NO4. The Labute approximate surface area is 128 Å². The SMILES string of the molecule is CC1CN(C(=O)OC(C)(C)C)CCC1C1(C(=O)O)CC1(F)F. The zero-order valence-electron chi connectivity index (χ0n) is 13.4. The van der Waals surface area contributed by atoms with Crippen molar-refractivity contribution >= 4 is 12.1 Å². The first kappa shape index (κ1) is 17.0. The monoisotopic (exact) mass is 319 g/mol. The van der Waals surface area contributed by atoms with E-state index in [1.165, 1.54) is 4.90 Å². The molecule has 0 spiro atoms. The Morgan fingerprint density at radius 2 is 1.86 bits per heavy atom. The van der Waals surface area contributed by atoms with E-state index in [4.69, 9.17) is 4.74 Å². The highest BCUT2D eigenvalue weighted by Gasteiger charge is 2.79. The molecule has 3 unspecified atom stereocenters. The van der Waals surface area contributed by atoms with Crippen molar-refractivity contribution in [1.29, 1.82) is 0 Å². The van der Waals surface area contributed by atoms with Crippen LogP contribution in [-0.2, 0) is 9.53 Å². The van der Waals surface area contributed by atoms with Crippen molar-refractivity contribution in [1.82, 2.24) is 4.90 Å². The van der Waals surface area contributed by atoms with Gasteiger partial charge in [-0.2, -0.15) is 0 Å². The molecule has 1 saturated heterocycles. The van der Waals surface area contributed by atoms with E-state index in [1.807, 2.05) is 0 Å². The lowest BCUT2D eigenvalue weighted by Crippen LogP contribution is -2.49. The number of hydrogen-bond acceptors (Lipinski definition) is 3. The van der Waals surface area contributed by atoms with Crippen molar-refractivity contribution in [2.75, 3.05) is 13.1 Å². The number of hydrogen-bond donors (Lipinski definition) is 1. The number of carbonyl (C=O) groups excluding carboxylic acids is 1. The Kier molecular flexibility index (Phi) is 3.90. The van der Waals surface area contributed by atoms with Gasteiger partial charge in [0.2, 0.25) is 0 Å². The molecule has 126 valence electrons. The quantitative estimate of drug-likeness (QED) is 0.849. The first-order valence-electron chi connectivity index (χ1n) is 7.50. The van der Waals surface area contributed by atoms with Crippen molar-refractivity contribution in [3.05, 3.63) is 0 Å². The van der Waals surface area contributed by atoms with E-state index in [0.717, 1.165) is 0 Å². The maximum atomic E-state index is 13.7. The molecule has 5 nitrogen and oxygen atoms in total. The minimum atomic E-state index is -3.15. The number of carboxylic acid groups (broad SMARTS) is 1. The van der Waals surface area contributed by atoms with E-state index in [1.54, 1.807) is 27.7 Å². The number of ether oxygens (including phenoxy) is 1. The minimum Gasteiger partial charge on any atom is -0.481 e. The molecule has 1 heterocycles. The topological polar surface area (TPSA) is 66.8 Å². The summed E-state index contributed by atoms with van der Waals surface area (Å²) in [7, 11) is 0. The number of rotatable bonds is 2. The second-order valence-corrected chi connectivity index (χ2v) is 7.46. The smallest absolute Gasteiger partial charge is 0.410 e. The number of piperidine rings is 1. The fourth-order valence-electron chi connectivity index (χ4n) is 3.47. The van der Waals surface area contributed by atoms with Crippen molar-refractivity contribution in [3.63, 3.8) is 0 Å².